The fourth-order valence-corrected chi connectivity index (χ4v) is 1.65. The van der Waals surface area contributed by atoms with Crippen LogP contribution in [0, 0.1) is 0 Å². The summed E-state index contributed by atoms with van der Waals surface area (Å²) in [5.74, 6) is 0. The van der Waals surface area contributed by atoms with Crippen molar-refractivity contribution in [2.24, 2.45) is 0 Å². The van der Waals surface area contributed by atoms with E-state index in [1.54, 1.807) is 0 Å². The van der Waals surface area contributed by atoms with E-state index in [1.165, 1.54) is 11.4 Å². The van der Waals surface area contributed by atoms with Crippen LogP contribution in [0.3, 0.4) is 0 Å². The number of anilines is 2. The molecule has 0 saturated heterocycles. The summed E-state index contributed by atoms with van der Waals surface area (Å²) in [4.78, 5) is 2.17. The minimum absolute atomic E-state index is 1.17. The van der Waals surface area contributed by atoms with Gasteiger partial charge in [-0.05, 0) is 31.2 Å². The SMILES string of the molecule is CC=CN(c1ccccc1)c1ccccc1. The maximum absolute atomic E-state index is 2.17. The average molecular weight is 209 g/mol. The minimum atomic E-state index is 1.17. The van der Waals surface area contributed by atoms with Crippen LogP contribution in [0.15, 0.2) is 72.9 Å². The van der Waals surface area contributed by atoms with Gasteiger partial charge >= 0.3 is 0 Å². The molecule has 0 atom stereocenters. The molecule has 1 heteroatoms. The number of nitrogens with zero attached hydrogens (tertiary/aromatic N) is 1. The highest BCUT2D eigenvalue weighted by Crippen LogP contribution is 2.24. The number of hydrogen-bond acceptors (Lipinski definition) is 1. The first-order valence-corrected chi connectivity index (χ1v) is 5.44. The van der Waals surface area contributed by atoms with E-state index in [0.717, 1.165) is 0 Å². The molecule has 2 aromatic rings. The highest BCUT2D eigenvalue weighted by molar-refractivity contribution is 5.65. The first-order valence-electron chi connectivity index (χ1n) is 5.44. The molecule has 0 bridgehead atoms. The van der Waals surface area contributed by atoms with E-state index >= 15 is 0 Å². The van der Waals surface area contributed by atoms with Crippen molar-refractivity contribution in [2.75, 3.05) is 4.90 Å². The maximum Gasteiger partial charge on any atom is 0.0455 e. The van der Waals surface area contributed by atoms with Gasteiger partial charge in [-0.15, -0.1) is 0 Å². The van der Waals surface area contributed by atoms with E-state index < -0.39 is 0 Å². The zero-order valence-corrected chi connectivity index (χ0v) is 9.38. The summed E-state index contributed by atoms with van der Waals surface area (Å²) in [6, 6.07) is 20.7. The van der Waals surface area contributed by atoms with Gasteiger partial charge in [0.05, 0.1) is 0 Å². The first-order chi connectivity index (χ1) is 7.92. The van der Waals surface area contributed by atoms with Crippen LogP contribution in [-0.4, -0.2) is 0 Å². The predicted octanol–water partition coefficient (Wildman–Crippen LogP) is 4.36. The van der Waals surface area contributed by atoms with Crippen LogP contribution < -0.4 is 4.90 Å². The number of benzene rings is 2. The summed E-state index contributed by atoms with van der Waals surface area (Å²) in [5, 5.41) is 0. The molecule has 0 saturated carbocycles. The Balaban J connectivity index is 2.39. The molecule has 0 aliphatic rings. The lowest BCUT2D eigenvalue weighted by Crippen LogP contribution is -2.07. The summed E-state index contributed by atoms with van der Waals surface area (Å²) < 4.78 is 0. The summed E-state index contributed by atoms with van der Waals surface area (Å²) in [6.07, 6.45) is 4.12. The molecule has 0 spiro atoms. The zero-order chi connectivity index (χ0) is 11.2. The predicted molar refractivity (Wildman–Crippen MR) is 69.8 cm³/mol. The molecule has 0 unspecified atom stereocenters. The van der Waals surface area contributed by atoms with Gasteiger partial charge in [-0.2, -0.15) is 0 Å². The highest BCUT2D eigenvalue weighted by atomic mass is 15.1. The molecule has 16 heavy (non-hydrogen) atoms. The van der Waals surface area contributed by atoms with Gasteiger partial charge in [-0.1, -0.05) is 42.5 Å². The van der Waals surface area contributed by atoms with Crippen LogP contribution in [0.25, 0.3) is 0 Å². The smallest absolute Gasteiger partial charge is 0.0455 e. The molecular weight excluding hydrogens is 194 g/mol. The van der Waals surface area contributed by atoms with Gasteiger partial charge in [-0.25, -0.2) is 0 Å². The second-order valence-electron chi connectivity index (χ2n) is 3.52. The number of hydrogen-bond donors (Lipinski definition) is 0. The van der Waals surface area contributed by atoms with E-state index in [0.29, 0.717) is 0 Å². The molecule has 0 aliphatic carbocycles. The van der Waals surface area contributed by atoms with E-state index in [9.17, 15) is 0 Å². The van der Waals surface area contributed by atoms with Crippen LogP contribution >= 0.6 is 0 Å². The Labute approximate surface area is 96.7 Å². The lowest BCUT2D eigenvalue weighted by molar-refractivity contribution is 1.27. The van der Waals surface area contributed by atoms with E-state index in [-0.39, 0.29) is 0 Å². The monoisotopic (exact) mass is 209 g/mol. The quantitative estimate of drug-likeness (QED) is 0.726. The molecule has 0 radical (unpaired) electrons. The summed E-state index contributed by atoms with van der Waals surface area (Å²) in [5.41, 5.74) is 2.35. The van der Waals surface area contributed by atoms with Crippen molar-refractivity contribution in [3.8, 4) is 0 Å². The van der Waals surface area contributed by atoms with Crippen molar-refractivity contribution in [1.29, 1.82) is 0 Å². The lowest BCUT2D eigenvalue weighted by Gasteiger charge is -2.20. The molecule has 2 rings (SSSR count). The van der Waals surface area contributed by atoms with Gasteiger partial charge < -0.3 is 4.90 Å². The van der Waals surface area contributed by atoms with Crippen molar-refractivity contribution >= 4 is 11.4 Å². The Morgan fingerprint density at radius 1 is 0.750 bits per heavy atom. The van der Waals surface area contributed by atoms with Gasteiger partial charge in [0.25, 0.3) is 0 Å². The molecule has 0 N–H and O–H groups in total. The number of allylic oxidation sites excluding steroid dienone is 1. The van der Waals surface area contributed by atoms with Crippen LogP contribution in [0.4, 0.5) is 11.4 Å². The Kier molecular flexibility index (Phi) is 3.39. The third-order valence-electron chi connectivity index (χ3n) is 2.37. The van der Waals surface area contributed by atoms with E-state index in [1.807, 2.05) is 25.1 Å². The summed E-state index contributed by atoms with van der Waals surface area (Å²) in [6.45, 7) is 2.03. The van der Waals surface area contributed by atoms with Gasteiger partial charge in [0.2, 0.25) is 0 Å². The molecule has 2 aromatic carbocycles. The Morgan fingerprint density at radius 2 is 1.19 bits per heavy atom. The van der Waals surface area contributed by atoms with Crippen molar-refractivity contribution in [3.63, 3.8) is 0 Å². The van der Waals surface area contributed by atoms with E-state index in [4.69, 9.17) is 0 Å². The molecule has 0 aromatic heterocycles. The third kappa shape index (κ3) is 2.31. The Morgan fingerprint density at radius 3 is 1.56 bits per heavy atom. The van der Waals surface area contributed by atoms with Crippen molar-refractivity contribution in [2.45, 2.75) is 6.92 Å². The van der Waals surface area contributed by atoms with Gasteiger partial charge in [-0.3, -0.25) is 0 Å². The molecule has 0 aliphatic heterocycles. The van der Waals surface area contributed by atoms with Crippen molar-refractivity contribution in [1.82, 2.24) is 0 Å². The van der Waals surface area contributed by atoms with E-state index in [2.05, 4.69) is 59.6 Å². The Bertz CT molecular complexity index is 406. The minimum Gasteiger partial charge on any atom is -0.318 e. The summed E-state index contributed by atoms with van der Waals surface area (Å²) >= 11 is 0. The highest BCUT2D eigenvalue weighted by Gasteiger charge is 2.03. The lowest BCUT2D eigenvalue weighted by atomic mass is 10.2. The van der Waals surface area contributed by atoms with Crippen molar-refractivity contribution in [3.05, 3.63) is 72.9 Å². The van der Waals surface area contributed by atoms with Gasteiger partial charge in [0.15, 0.2) is 0 Å². The summed E-state index contributed by atoms with van der Waals surface area (Å²) in [7, 11) is 0. The molecule has 80 valence electrons. The van der Waals surface area contributed by atoms with Gasteiger partial charge in [0, 0.05) is 17.6 Å². The molecule has 0 fully saturated rings. The standard InChI is InChI=1S/C15H15N/c1-2-13-16(14-9-5-3-6-10-14)15-11-7-4-8-12-15/h2-13H,1H3. The second kappa shape index (κ2) is 5.17. The van der Waals surface area contributed by atoms with Crippen molar-refractivity contribution < 1.29 is 0 Å². The second-order valence-corrected chi connectivity index (χ2v) is 3.52. The number of rotatable bonds is 3. The maximum atomic E-state index is 2.17. The van der Waals surface area contributed by atoms with Gasteiger partial charge in [0.1, 0.15) is 0 Å². The van der Waals surface area contributed by atoms with Crippen LogP contribution in [0.2, 0.25) is 0 Å². The van der Waals surface area contributed by atoms with Crippen LogP contribution in [0.5, 0.6) is 0 Å². The first kappa shape index (κ1) is 10.5. The molecule has 0 heterocycles. The average Bonchev–Trinajstić information content (AvgIpc) is 2.38. The fraction of sp³-hybridized carbons (Fsp3) is 0.0667. The Hall–Kier alpha value is -2.02. The topological polar surface area (TPSA) is 3.24 Å². The zero-order valence-electron chi connectivity index (χ0n) is 9.38. The largest absolute Gasteiger partial charge is 0.318 e. The number of para-hydroxylation sites is 2. The van der Waals surface area contributed by atoms with Crippen LogP contribution in [-0.2, 0) is 0 Å². The molecule has 1 nitrogen and oxygen atoms in total. The molecule has 0 amide bonds. The van der Waals surface area contributed by atoms with Crippen LogP contribution in [0.1, 0.15) is 6.92 Å². The normalized spacial score (nSPS) is 10.6. The molecular formula is C15H15N. The fourth-order valence-electron chi connectivity index (χ4n) is 1.65. The third-order valence-corrected chi connectivity index (χ3v) is 2.37.